The first-order valence-electron chi connectivity index (χ1n) is 11.4. The molecule has 5 heteroatoms. The molecule has 0 saturated carbocycles. The summed E-state index contributed by atoms with van der Waals surface area (Å²) in [7, 11) is 0. The Bertz CT molecular complexity index is 1310. The molecule has 3 aromatic carbocycles. The molecule has 2 atom stereocenters. The van der Waals surface area contributed by atoms with Gasteiger partial charge in [-0.1, -0.05) is 82.7 Å². The van der Waals surface area contributed by atoms with E-state index < -0.39 is 5.54 Å². The summed E-state index contributed by atoms with van der Waals surface area (Å²) in [5.74, 6) is 1.10. The molecule has 0 radical (unpaired) electrons. The fourth-order valence-electron chi connectivity index (χ4n) is 5.69. The van der Waals surface area contributed by atoms with Crippen LogP contribution in [-0.4, -0.2) is 26.9 Å². The van der Waals surface area contributed by atoms with Crippen LogP contribution in [0.25, 0.3) is 11.4 Å². The van der Waals surface area contributed by atoms with Gasteiger partial charge in [-0.15, -0.1) is 0 Å². The van der Waals surface area contributed by atoms with Crippen molar-refractivity contribution in [3.63, 3.8) is 0 Å². The first-order valence-corrected chi connectivity index (χ1v) is 12.2. The van der Waals surface area contributed by atoms with Gasteiger partial charge in [0.05, 0.1) is 12.5 Å². The van der Waals surface area contributed by atoms with Crippen LogP contribution >= 0.6 is 15.9 Å². The summed E-state index contributed by atoms with van der Waals surface area (Å²) in [5.41, 5.74) is 3.93. The highest BCUT2D eigenvalue weighted by Crippen LogP contribution is 2.50. The van der Waals surface area contributed by atoms with E-state index in [1.165, 1.54) is 5.56 Å². The average Bonchev–Trinajstić information content (AvgIpc) is 3.58. The Morgan fingerprint density at radius 3 is 2.58 bits per heavy atom. The average molecular weight is 498 g/mol. The van der Waals surface area contributed by atoms with Gasteiger partial charge in [-0.3, -0.25) is 4.79 Å². The van der Waals surface area contributed by atoms with Crippen molar-refractivity contribution in [2.45, 2.75) is 30.8 Å². The highest BCUT2D eigenvalue weighted by atomic mass is 79.9. The van der Waals surface area contributed by atoms with E-state index in [1.54, 1.807) is 0 Å². The van der Waals surface area contributed by atoms with Crippen LogP contribution in [0.4, 0.5) is 0 Å². The summed E-state index contributed by atoms with van der Waals surface area (Å²) in [4.78, 5) is 20.8. The lowest BCUT2D eigenvalue weighted by Gasteiger charge is -2.36. The van der Waals surface area contributed by atoms with Crippen LogP contribution < -0.4 is 0 Å². The van der Waals surface area contributed by atoms with E-state index in [-0.39, 0.29) is 11.9 Å². The number of aromatic nitrogens is 2. The second-order valence-corrected chi connectivity index (χ2v) is 9.78. The topological polar surface area (TPSA) is 38.1 Å². The standard InChI is InChI=1S/C28H24BrN3O/c29-22-14-12-21(13-15-22)28(24-10-5-4-9-23(24)27-30-16-18-32(27)28)19-26(33)31-17-6-11-25(31)20-7-2-1-3-8-20/h1-5,7-10,12-16,18,25H,6,11,17,19H2. The maximum atomic E-state index is 14.1. The summed E-state index contributed by atoms with van der Waals surface area (Å²) in [6, 6.07) is 27.3. The zero-order valence-electron chi connectivity index (χ0n) is 18.2. The second-order valence-electron chi connectivity index (χ2n) is 8.87. The molecule has 2 aliphatic rings. The molecule has 2 unspecified atom stereocenters. The molecule has 0 bridgehead atoms. The number of imidazole rings is 1. The van der Waals surface area contributed by atoms with Crippen molar-refractivity contribution < 1.29 is 4.79 Å². The van der Waals surface area contributed by atoms with E-state index in [0.717, 1.165) is 46.4 Å². The number of nitrogens with zero attached hydrogens (tertiary/aromatic N) is 3. The molecule has 33 heavy (non-hydrogen) atoms. The van der Waals surface area contributed by atoms with Crippen molar-refractivity contribution in [3.05, 3.63) is 112 Å². The van der Waals surface area contributed by atoms with Crippen molar-refractivity contribution in [1.82, 2.24) is 14.5 Å². The van der Waals surface area contributed by atoms with Crippen LogP contribution in [0.15, 0.2) is 95.7 Å². The van der Waals surface area contributed by atoms with Crippen molar-refractivity contribution in [2.24, 2.45) is 0 Å². The monoisotopic (exact) mass is 497 g/mol. The Kier molecular flexibility index (Phi) is 4.95. The molecule has 3 heterocycles. The number of amides is 1. The van der Waals surface area contributed by atoms with Crippen molar-refractivity contribution in [1.29, 1.82) is 0 Å². The van der Waals surface area contributed by atoms with E-state index in [1.807, 2.05) is 24.5 Å². The molecule has 2 aliphatic heterocycles. The Morgan fingerprint density at radius 1 is 1.00 bits per heavy atom. The number of likely N-dealkylation sites (tertiary alicyclic amines) is 1. The first kappa shape index (κ1) is 20.4. The van der Waals surface area contributed by atoms with E-state index >= 15 is 0 Å². The maximum Gasteiger partial charge on any atom is 0.226 e. The highest BCUT2D eigenvalue weighted by Gasteiger charge is 2.47. The molecule has 1 fully saturated rings. The molecule has 0 N–H and O–H groups in total. The van der Waals surface area contributed by atoms with Crippen LogP contribution in [0.5, 0.6) is 0 Å². The lowest BCUT2D eigenvalue weighted by atomic mass is 9.79. The number of carbonyl (C=O) groups excluding carboxylic acids is 1. The maximum absolute atomic E-state index is 14.1. The summed E-state index contributed by atoms with van der Waals surface area (Å²) < 4.78 is 3.22. The van der Waals surface area contributed by atoms with Gasteiger partial charge in [0.15, 0.2) is 0 Å². The minimum Gasteiger partial charge on any atom is -0.336 e. The van der Waals surface area contributed by atoms with Gasteiger partial charge in [-0.2, -0.15) is 0 Å². The molecular formula is C28H24BrN3O. The molecule has 1 amide bonds. The zero-order chi connectivity index (χ0) is 22.4. The van der Waals surface area contributed by atoms with Crippen LogP contribution in [-0.2, 0) is 10.3 Å². The van der Waals surface area contributed by atoms with E-state index in [2.05, 4.69) is 97.1 Å². The molecular weight excluding hydrogens is 474 g/mol. The van der Waals surface area contributed by atoms with E-state index in [0.29, 0.717) is 6.42 Å². The zero-order valence-corrected chi connectivity index (χ0v) is 19.8. The Hall–Kier alpha value is -3.18. The predicted molar refractivity (Wildman–Crippen MR) is 133 cm³/mol. The molecule has 1 aromatic heterocycles. The Morgan fingerprint density at radius 2 is 1.76 bits per heavy atom. The number of fused-ring (bicyclic) bond motifs is 3. The molecule has 0 aliphatic carbocycles. The van der Waals surface area contributed by atoms with Crippen molar-refractivity contribution >= 4 is 21.8 Å². The lowest BCUT2D eigenvalue weighted by molar-refractivity contribution is -0.133. The number of hydrogen-bond acceptors (Lipinski definition) is 2. The third-order valence-corrected chi connectivity index (χ3v) is 7.68. The van der Waals surface area contributed by atoms with Crippen molar-refractivity contribution in [2.75, 3.05) is 6.54 Å². The fourth-order valence-corrected chi connectivity index (χ4v) is 5.95. The van der Waals surface area contributed by atoms with E-state index in [9.17, 15) is 4.79 Å². The normalized spacial score (nSPS) is 21.1. The fraction of sp³-hybridized carbons (Fsp3) is 0.214. The largest absolute Gasteiger partial charge is 0.336 e. The summed E-state index contributed by atoms with van der Waals surface area (Å²) in [5, 5.41) is 0. The number of rotatable bonds is 4. The minimum atomic E-state index is -0.621. The summed E-state index contributed by atoms with van der Waals surface area (Å²) >= 11 is 3.57. The summed E-state index contributed by atoms with van der Waals surface area (Å²) in [6.07, 6.45) is 6.26. The first-order chi connectivity index (χ1) is 16.2. The van der Waals surface area contributed by atoms with E-state index in [4.69, 9.17) is 0 Å². The number of hydrogen-bond donors (Lipinski definition) is 0. The third kappa shape index (κ3) is 3.17. The van der Waals surface area contributed by atoms with Crippen LogP contribution in [0.2, 0.25) is 0 Å². The van der Waals surface area contributed by atoms with Crippen LogP contribution in [0, 0.1) is 0 Å². The lowest BCUT2D eigenvalue weighted by Crippen LogP contribution is -2.41. The summed E-state index contributed by atoms with van der Waals surface area (Å²) in [6.45, 7) is 0.799. The predicted octanol–water partition coefficient (Wildman–Crippen LogP) is 6.17. The van der Waals surface area contributed by atoms with Crippen LogP contribution in [0.3, 0.4) is 0 Å². The number of benzene rings is 3. The van der Waals surface area contributed by atoms with Gasteiger partial charge < -0.3 is 9.47 Å². The quantitative estimate of drug-likeness (QED) is 0.338. The van der Waals surface area contributed by atoms with Gasteiger partial charge in [0, 0.05) is 29.0 Å². The third-order valence-electron chi connectivity index (χ3n) is 7.15. The van der Waals surface area contributed by atoms with Gasteiger partial charge in [-0.25, -0.2) is 4.98 Å². The molecule has 6 rings (SSSR count). The Labute approximate surface area is 202 Å². The SMILES string of the molecule is O=C(CC1(c2ccc(Br)cc2)c2ccccc2-c2nccn21)N1CCCC1c1ccccc1. The molecule has 1 saturated heterocycles. The van der Waals surface area contributed by atoms with Gasteiger partial charge in [0.2, 0.25) is 5.91 Å². The number of carbonyl (C=O) groups is 1. The van der Waals surface area contributed by atoms with Crippen LogP contribution in [0.1, 0.15) is 42.0 Å². The smallest absolute Gasteiger partial charge is 0.226 e. The highest BCUT2D eigenvalue weighted by molar-refractivity contribution is 9.10. The van der Waals surface area contributed by atoms with Gasteiger partial charge in [0.1, 0.15) is 11.4 Å². The van der Waals surface area contributed by atoms with Gasteiger partial charge >= 0.3 is 0 Å². The molecule has 4 nitrogen and oxygen atoms in total. The molecule has 0 spiro atoms. The number of halogens is 1. The minimum absolute atomic E-state index is 0.138. The van der Waals surface area contributed by atoms with Gasteiger partial charge in [0.25, 0.3) is 0 Å². The van der Waals surface area contributed by atoms with Crippen molar-refractivity contribution in [3.8, 4) is 11.4 Å². The molecule has 4 aromatic rings. The second kappa shape index (κ2) is 7.99. The molecule has 164 valence electrons. The Balaban J connectivity index is 1.47. The van der Waals surface area contributed by atoms with Gasteiger partial charge in [-0.05, 0) is 41.7 Å².